The number of rotatable bonds is 21. The van der Waals surface area contributed by atoms with E-state index in [4.69, 9.17) is 49.0 Å². The number of nitriles is 3. The molecule has 3 aliphatic rings. The van der Waals surface area contributed by atoms with E-state index in [0.717, 1.165) is 88.6 Å². The van der Waals surface area contributed by atoms with Crippen molar-refractivity contribution in [2.45, 2.75) is 39.7 Å². The Kier molecular flexibility index (Phi) is 27.1. The van der Waals surface area contributed by atoms with E-state index in [-0.39, 0.29) is 28.8 Å². The third kappa shape index (κ3) is 19.3. The van der Waals surface area contributed by atoms with Gasteiger partial charge in [0, 0.05) is 146 Å². The molecule has 3 saturated heterocycles. The van der Waals surface area contributed by atoms with Gasteiger partial charge in [0.25, 0.3) is 23.3 Å². The summed E-state index contributed by atoms with van der Waals surface area (Å²) < 4.78 is 18.9. The number of anilines is 3. The molecule has 3 fully saturated rings. The fourth-order valence-electron chi connectivity index (χ4n) is 13.3. The molecule has 0 spiro atoms. The number of amides is 3. The van der Waals surface area contributed by atoms with Gasteiger partial charge >= 0.3 is 0 Å². The van der Waals surface area contributed by atoms with E-state index in [0.29, 0.717) is 170 Å². The molecular formula is C81H90Cl3N15O7. The summed E-state index contributed by atoms with van der Waals surface area (Å²) in [4.78, 5) is 79.9. The molecule has 6 heterocycles. The molecule has 552 valence electrons. The monoisotopic (exact) mass is 1490 g/mol. The van der Waals surface area contributed by atoms with Crippen molar-refractivity contribution in [3.63, 3.8) is 0 Å². The van der Waals surface area contributed by atoms with Gasteiger partial charge < -0.3 is 62.9 Å². The Morgan fingerprint density at radius 2 is 0.811 bits per heavy atom. The van der Waals surface area contributed by atoms with Gasteiger partial charge in [-0.3, -0.25) is 19.2 Å². The average molecular weight is 1490 g/mol. The van der Waals surface area contributed by atoms with Gasteiger partial charge in [-0.05, 0) is 197 Å². The highest BCUT2D eigenvalue weighted by Gasteiger charge is 2.32. The van der Waals surface area contributed by atoms with E-state index < -0.39 is 0 Å². The van der Waals surface area contributed by atoms with E-state index in [9.17, 15) is 35.0 Å². The summed E-state index contributed by atoms with van der Waals surface area (Å²) in [7, 11) is 13.7. The molecule has 12 rings (SSSR count). The second kappa shape index (κ2) is 36.7. The third-order valence-corrected chi connectivity index (χ3v) is 19.6. The molecule has 106 heavy (non-hydrogen) atoms. The lowest BCUT2D eigenvalue weighted by molar-refractivity contribution is 0.0739. The maximum Gasteiger partial charge on any atom is 0.271 e. The Hall–Kier alpha value is -10.2. The second-order valence-corrected chi connectivity index (χ2v) is 28.6. The molecule has 0 saturated carbocycles. The number of pyridine rings is 3. The first-order valence-corrected chi connectivity index (χ1v) is 36.6. The summed E-state index contributed by atoms with van der Waals surface area (Å²) >= 11 is 18.2. The summed E-state index contributed by atoms with van der Waals surface area (Å²) in [6.45, 7) is 14.8. The zero-order valence-corrected chi connectivity index (χ0v) is 63.9. The number of aromatic nitrogens is 3. The fraction of sp³-hybridized carbons (Fsp3) is 0.370. The largest absolute Gasteiger partial charge is 0.497 e. The highest BCUT2D eigenvalue weighted by molar-refractivity contribution is 6.32. The van der Waals surface area contributed by atoms with Crippen molar-refractivity contribution >= 4 is 102 Å². The number of benzene rings is 6. The Labute approximate surface area is 635 Å². The SMILES string of the molecule is CN(C)CCCOc1nc2ccc(Cl)cc2c(N2CCN(C(=O)c3ccc(Cl)cc3)CC2)c1C#N.COc1ccc(C(=O)N2CCN(c3c(C#N)c(=O)n(CCCN(C)C)c4ccc(C)cc34)CC2)cc1.Cc1ccc2nc(OCCCN(C)C)c(C#N)c(N3CCN(C(=O)c4ccc(Cl)cc4)CC3)c2c1. The van der Waals surface area contributed by atoms with Crippen LogP contribution >= 0.6 is 34.8 Å². The van der Waals surface area contributed by atoms with E-state index in [1.165, 1.54) is 0 Å². The summed E-state index contributed by atoms with van der Waals surface area (Å²) in [5.41, 5.74) is 9.40. The van der Waals surface area contributed by atoms with Crippen LogP contribution in [-0.2, 0) is 6.54 Å². The van der Waals surface area contributed by atoms with Gasteiger partial charge in [0.05, 0.1) is 53.9 Å². The van der Waals surface area contributed by atoms with E-state index in [1.54, 1.807) is 90.5 Å². The normalized spacial score (nSPS) is 13.8. The molecule has 0 aliphatic carbocycles. The molecule has 6 aromatic carbocycles. The van der Waals surface area contributed by atoms with Gasteiger partial charge in [-0.1, -0.05) is 58.1 Å². The number of methoxy groups -OCH3 is 1. The van der Waals surface area contributed by atoms with E-state index >= 15 is 0 Å². The second-order valence-electron chi connectivity index (χ2n) is 27.2. The first-order valence-electron chi connectivity index (χ1n) is 35.5. The highest BCUT2D eigenvalue weighted by Crippen LogP contribution is 2.39. The minimum absolute atomic E-state index is 0.0119. The Bertz CT molecular complexity index is 4600. The number of hydrogen-bond donors (Lipinski definition) is 0. The molecule has 3 amide bonds. The molecular weight excluding hydrogens is 1400 g/mol. The van der Waals surface area contributed by atoms with Crippen molar-refractivity contribution in [1.82, 2.24) is 43.9 Å². The predicted octanol–water partition coefficient (Wildman–Crippen LogP) is 12.2. The van der Waals surface area contributed by atoms with Crippen LogP contribution in [0.1, 0.15) is 78.2 Å². The molecule has 0 radical (unpaired) electrons. The lowest BCUT2D eigenvalue weighted by Crippen LogP contribution is -2.49. The van der Waals surface area contributed by atoms with Crippen LogP contribution in [0.15, 0.2) is 132 Å². The van der Waals surface area contributed by atoms with Crippen LogP contribution < -0.4 is 34.5 Å². The van der Waals surface area contributed by atoms with Gasteiger partial charge in [-0.25, -0.2) is 9.97 Å². The van der Waals surface area contributed by atoms with Crippen molar-refractivity contribution in [1.29, 1.82) is 15.8 Å². The van der Waals surface area contributed by atoms with Crippen LogP contribution in [0, 0.1) is 47.8 Å². The molecule has 0 N–H and O–H groups in total. The smallest absolute Gasteiger partial charge is 0.271 e. The number of carbonyl (C=O) groups excluding carboxylic acids is 3. The van der Waals surface area contributed by atoms with Gasteiger partial charge in [0.15, 0.2) is 0 Å². The minimum Gasteiger partial charge on any atom is -0.497 e. The van der Waals surface area contributed by atoms with Crippen molar-refractivity contribution in [3.8, 4) is 35.7 Å². The Morgan fingerprint density at radius 3 is 1.22 bits per heavy atom. The van der Waals surface area contributed by atoms with Crippen LogP contribution in [0.3, 0.4) is 0 Å². The quantitative estimate of drug-likeness (QED) is 0.0609. The number of ether oxygens (including phenoxy) is 3. The molecule has 25 heteroatoms. The first-order chi connectivity index (χ1) is 51.1. The van der Waals surface area contributed by atoms with E-state index in [2.05, 4.69) is 69.7 Å². The zero-order chi connectivity index (χ0) is 75.7. The van der Waals surface area contributed by atoms with Gasteiger partial charge in [-0.15, -0.1) is 0 Å². The summed E-state index contributed by atoms with van der Waals surface area (Å²) in [6.07, 6.45) is 2.47. The van der Waals surface area contributed by atoms with Gasteiger partial charge in [-0.2, -0.15) is 15.8 Å². The van der Waals surface area contributed by atoms with Crippen LogP contribution in [0.5, 0.6) is 17.5 Å². The number of nitrogens with zero attached hydrogens (tertiary/aromatic N) is 15. The summed E-state index contributed by atoms with van der Waals surface area (Å²) in [6, 6.07) is 45.4. The van der Waals surface area contributed by atoms with Crippen LogP contribution in [-0.4, -0.2) is 222 Å². The van der Waals surface area contributed by atoms with Gasteiger partial charge in [0.2, 0.25) is 11.8 Å². The molecule has 9 aromatic rings. The molecule has 0 bridgehead atoms. The number of carbonyl (C=O) groups is 3. The molecule has 0 unspecified atom stereocenters. The molecule has 22 nitrogen and oxygen atoms in total. The van der Waals surface area contributed by atoms with Crippen LogP contribution in [0.4, 0.5) is 17.1 Å². The molecule has 0 atom stereocenters. The fourth-order valence-corrected chi connectivity index (χ4v) is 13.7. The summed E-state index contributed by atoms with van der Waals surface area (Å²) in [5.74, 6) is 1.33. The number of fused-ring (bicyclic) bond motifs is 3. The maximum atomic E-state index is 13.5. The number of halogens is 3. The van der Waals surface area contributed by atoms with Crippen molar-refractivity contribution < 1.29 is 28.6 Å². The van der Waals surface area contributed by atoms with Crippen LogP contribution in [0.2, 0.25) is 15.1 Å². The maximum absolute atomic E-state index is 13.5. The molecule has 3 aromatic heterocycles. The van der Waals surface area contributed by atoms with Gasteiger partial charge in [0.1, 0.15) is 40.6 Å². The van der Waals surface area contributed by atoms with Crippen LogP contribution in [0.25, 0.3) is 32.7 Å². The topological polar surface area (TPSA) is 227 Å². The average Bonchev–Trinajstić information content (AvgIpc) is 0.762. The highest BCUT2D eigenvalue weighted by atomic mass is 35.5. The third-order valence-electron chi connectivity index (χ3n) is 18.8. The lowest BCUT2D eigenvalue weighted by atomic mass is 10.0. The minimum atomic E-state index is -0.251. The number of piperazine rings is 3. The van der Waals surface area contributed by atoms with Crippen molar-refractivity contribution in [3.05, 3.63) is 197 Å². The van der Waals surface area contributed by atoms with Crippen molar-refractivity contribution in [2.75, 3.05) is 175 Å². The Balaban J connectivity index is 0.000000170. The standard InChI is InChI=1S/C28H33N5O3.C27H30ClN5O2.C26H27Cl2N5O2/c1-20-6-11-25-23(18-20)26(24(19-29)28(35)33(25)13-5-12-30(2)3)31-14-16-32(17-15-31)27(34)21-7-9-22(36-4)10-8-21;1-19-5-10-24-22(17-19)25(23(18-29)26(30-24)35-16-4-11-31(2)3)32-12-14-33(15-13-32)27(34)20-6-8-21(28)9-7-20;1-31(2)10-3-15-35-25-22(17-29)24(21-16-20(28)8-9-23(21)30-25)32-11-13-33(14-12-32)26(34)18-4-6-19(27)7-5-18/h6-11,18H,5,12-17H2,1-4H3;5-10,17H,4,11-16H2,1-3H3;4-9,16H,3,10-15H2,1-2H3. The zero-order valence-electron chi connectivity index (χ0n) is 61.7. The first kappa shape index (κ1) is 78.4. The predicted molar refractivity (Wildman–Crippen MR) is 421 cm³/mol. The summed E-state index contributed by atoms with van der Waals surface area (Å²) in [5, 5.41) is 34.7. The molecule has 3 aliphatic heterocycles. The lowest BCUT2D eigenvalue weighted by Gasteiger charge is -2.37. The van der Waals surface area contributed by atoms with Crippen molar-refractivity contribution in [2.24, 2.45) is 0 Å². The van der Waals surface area contributed by atoms with E-state index in [1.807, 2.05) is 107 Å². The Morgan fingerprint density at radius 1 is 0.453 bits per heavy atom. The number of aryl methyl sites for hydroxylation is 3. The number of hydrogen-bond acceptors (Lipinski definition) is 18.